The molecule has 104 valence electrons. The third-order valence-electron chi connectivity index (χ3n) is 3.67. The monoisotopic (exact) mass is 282 g/mol. The Morgan fingerprint density at radius 3 is 2.37 bits per heavy atom. The molecule has 4 nitrogen and oxygen atoms in total. The molecule has 19 heavy (non-hydrogen) atoms. The van der Waals surface area contributed by atoms with Crippen molar-refractivity contribution in [2.45, 2.75) is 13.5 Å². The van der Waals surface area contributed by atoms with E-state index >= 15 is 0 Å². The minimum Gasteiger partial charge on any atom is -0.423 e. The van der Waals surface area contributed by atoms with E-state index in [1.165, 1.54) is 0 Å². The minimum atomic E-state index is -1.44. The molecule has 0 aliphatic carbocycles. The lowest BCUT2D eigenvalue weighted by Gasteiger charge is -2.34. The van der Waals surface area contributed by atoms with Crippen molar-refractivity contribution >= 4 is 24.2 Å². The molecule has 1 aromatic rings. The second kappa shape index (κ2) is 6.73. The molecule has 1 aliphatic rings. The highest BCUT2D eigenvalue weighted by Crippen LogP contribution is 2.17. The predicted octanol–water partition coefficient (Wildman–Crippen LogP) is 0.157. The summed E-state index contributed by atoms with van der Waals surface area (Å²) in [5, 5.41) is 19.1. The first-order valence-corrected chi connectivity index (χ1v) is 7.07. The van der Waals surface area contributed by atoms with Gasteiger partial charge in [-0.05, 0) is 23.6 Å². The Morgan fingerprint density at radius 1 is 1.16 bits per heavy atom. The van der Waals surface area contributed by atoms with Crippen LogP contribution < -0.4 is 5.46 Å². The maximum absolute atomic E-state index is 9.20. The van der Waals surface area contributed by atoms with Gasteiger partial charge >= 0.3 is 7.12 Å². The van der Waals surface area contributed by atoms with Crippen LogP contribution in [-0.4, -0.2) is 59.7 Å². The van der Waals surface area contributed by atoms with Gasteiger partial charge in [-0.1, -0.05) is 30.7 Å². The summed E-state index contributed by atoms with van der Waals surface area (Å²) in [5.41, 5.74) is 1.45. The first kappa shape index (κ1) is 14.8. The maximum atomic E-state index is 9.20. The highest BCUT2D eigenvalue weighted by Gasteiger charge is 2.18. The van der Waals surface area contributed by atoms with Crippen LogP contribution in [0.15, 0.2) is 18.2 Å². The Bertz CT molecular complexity index is 423. The van der Waals surface area contributed by atoms with Crippen LogP contribution in [0.4, 0.5) is 0 Å². The van der Waals surface area contributed by atoms with Crippen LogP contribution in [-0.2, 0) is 6.54 Å². The minimum absolute atomic E-state index is 0.492. The first-order valence-electron chi connectivity index (χ1n) is 6.69. The van der Waals surface area contributed by atoms with Gasteiger partial charge in [-0.15, -0.1) is 0 Å². The molecule has 0 atom stereocenters. The second-order valence-corrected chi connectivity index (χ2v) is 5.34. The van der Waals surface area contributed by atoms with Crippen molar-refractivity contribution in [3.63, 3.8) is 0 Å². The summed E-state index contributed by atoms with van der Waals surface area (Å²) >= 11 is 6.18. The van der Waals surface area contributed by atoms with Gasteiger partial charge in [0.15, 0.2) is 0 Å². The molecule has 1 aliphatic heterocycles. The van der Waals surface area contributed by atoms with Crippen LogP contribution in [0.2, 0.25) is 5.02 Å². The Kier molecular flexibility index (Phi) is 5.24. The average molecular weight is 283 g/mol. The Balaban J connectivity index is 2.01. The highest BCUT2D eigenvalue weighted by atomic mass is 35.5. The van der Waals surface area contributed by atoms with Crippen molar-refractivity contribution in [2.75, 3.05) is 32.7 Å². The van der Waals surface area contributed by atoms with E-state index in [1.54, 1.807) is 18.2 Å². The summed E-state index contributed by atoms with van der Waals surface area (Å²) < 4.78 is 0. The van der Waals surface area contributed by atoms with Crippen molar-refractivity contribution < 1.29 is 10.0 Å². The average Bonchev–Trinajstić information content (AvgIpc) is 2.42. The summed E-state index contributed by atoms with van der Waals surface area (Å²) in [6, 6.07) is 5.15. The van der Waals surface area contributed by atoms with Crippen molar-refractivity contribution in [2.24, 2.45) is 0 Å². The molecule has 0 spiro atoms. The summed E-state index contributed by atoms with van der Waals surface area (Å²) in [5.74, 6) is 0. The molecule has 1 saturated heterocycles. The van der Waals surface area contributed by atoms with Crippen molar-refractivity contribution in [3.05, 3.63) is 28.8 Å². The third kappa shape index (κ3) is 3.94. The number of likely N-dealkylation sites (N-methyl/N-ethyl adjacent to an activating group) is 1. The van der Waals surface area contributed by atoms with Gasteiger partial charge in [0.1, 0.15) is 0 Å². The topological polar surface area (TPSA) is 46.9 Å². The zero-order chi connectivity index (χ0) is 13.8. The van der Waals surface area contributed by atoms with Crippen LogP contribution in [0.1, 0.15) is 12.5 Å². The molecule has 0 radical (unpaired) electrons. The van der Waals surface area contributed by atoms with Gasteiger partial charge < -0.3 is 14.9 Å². The summed E-state index contributed by atoms with van der Waals surface area (Å²) in [4.78, 5) is 4.77. The van der Waals surface area contributed by atoms with Crippen LogP contribution in [0.5, 0.6) is 0 Å². The van der Waals surface area contributed by atoms with Crippen LogP contribution in [0, 0.1) is 0 Å². The molecule has 1 fully saturated rings. The molecular weight excluding hydrogens is 262 g/mol. The van der Waals surface area contributed by atoms with Gasteiger partial charge in [0.05, 0.1) is 0 Å². The lowest BCUT2D eigenvalue weighted by Crippen LogP contribution is -2.45. The van der Waals surface area contributed by atoms with Crippen molar-refractivity contribution in [1.29, 1.82) is 0 Å². The number of nitrogens with zero attached hydrogens (tertiary/aromatic N) is 2. The molecule has 0 bridgehead atoms. The molecule has 6 heteroatoms. The van der Waals surface area contributed by atoms with E-state index in [0.29, 0.717) is 10.5 Å². The zero-order valence-electron chi connectivity index (χ0n) is 11.2. The molecule has 2 N–H and O–H groups in total. The van der Waals surface area contributed by atoms with Crippen LogP contribution >= 0.6 is 11.6 Å². The van der Waals surface area contributed by atoms with E-state index in [1.807, 2.05) is 0 Å². The molecule has 2 rings (SSSR count). The Morgan fingerprint density at radius 2 is 1.79 bits per heavy atom. The largest absolute Gasteiger partial charge is 0.488 e. The molecule has 1 aromatic carbocycles. The molecule has 0 unspecified atom stereocenters. The lowest BCUT2D eigenvalue weighted by atomic mass is 9.79. The quantitative estimate of drug-likeness (QED) is 0.772. The van der Waals surface area contributed by atoms with Gasteiger partial charge in [-0.2, -0.15) is 0 Å². The van der Waals surface area contributed by atoms with Crippen LogP contribution in [0.3, 0.4) is 0 Å². The standard InChI is InChI=1S/C13H20BClN2O2/c1-2-16-5-7-17(8-6-16)10-11-9-12(14(18)19)3-4-13(11)15/h3-4,9,18-19H,2,5-8,10H2,1H3. The number of halogens is 1. The maximum Gasteiger partial charge on any atom is 0.488 e. The van der Waals surface area contributed by atoms with E-state index in [9.17, 15) is 10.0 Å². The van der Waals surface area contributed by atoms with E-state index in [0.717, 1.165) is 44.8 Å². The Labute approximate surface area is 119 Å². The fraction of sp³-hybridized carbons (Fsp3) is 0.538. The van der Waals surface area contributed by atoms with Crippen LogP contribution in [0.25, 0.3) is 0 Å². The number of hydrogen-bond acceptors (Lipinski definition) is 4. The van der Waals surface area contributed by atoms with Crippen molar-refractivity contribution in [3.8, 4) is 0 Å². The van der Waals surface area contributed by atoms with Gasteiger partial charge in [0.25, 0.3) is 0 Å². The molecule has 0 amide bonds. The summed E-state index contributed by atoms with van der Waals surface area (Å²) in [6.07, 6.45) is 0. The molecule has 0 aromatic heterocycles. The lowest BCUT2D eigenvalue weighted by molar-refractivity contribution is 0.132. The Hall–Kier alpha value is -0.585. The number of piperazine rings is 1. The van der Waals surface area contributed by atoms with Crippen molar-refractivity contribution in [1.82, 2.24) is 9.80 Å². The van der Waals surface area contributed by atoms with E-state index < -0.39 is 7.12 Å². The molecule has 1 heterocycles. The third-order valence-corrected chi connectivity index (χ3v) is 4.04. The zero-order valence-corrected chi connectivity index (χ0v) is 12.0. The van der Waals surface area contributed by atoms with E-state index in [4.69, 9.17) is 11.6 Å². The van der Waals surface area contributed by atoms with Gasteiger partial charge in [0.2, 0.25) is 0 Å². The normalized spacial score (nSPS) is 17.7. The highest BCUT2D eigenvalue weighted by molar-refractivity contribution is 6.58. The van der Waals surface area contributed by atoms with E-state index in [-0.39, 0.29) is 0 Å². The van der Waals surface area contributed by atoms with Gasteiger partial charge in [-0.25, -0.2) is 0 Å². The van der Waals surface area contributed by atoms with Gasteiger partial charge in [0, 0.05) is 37.7 Å². The fourth-order valence-electron chi connectivity index (χ4n) is 2.38. The SMILES string of the molecule is CCN1CCN(Cc2cc(B(O)O)ccc2Cl)CC1. The first-order chi connectivity index (χ1) is 9.10. The predicted molar refractivity (Wildman–Crippen MR) is 78.7 cm³/mol. The molecule has 0 saturated carbocycles. The number of hydrogen-bond donors (Lipinski definition) is 2. The fourth-order valence-corrected chi connectivity index (χ4v) is 2.56. The molecular formula is C13H20BClN2O2. The summed E-state index contributed by atoms with van der Waals surface area (Å²) in [7, 11) is -1.44. The van der Waals surface area contributed by atoms with E-state index in [2.05, 4.69) is 16.7 Å². The number of benzene rings is 1. The number of rotatable bonds is 4. The second-order valence-electron chi connectivity index (χ2n) is 4.93. The smallest absolute Gasteiger partial charge is 0.423 e. The summed E-state index contributed by atoms with van der Waals surface area (Å²) in [6.45, 7) is 8.25. The van der Waals surface area contributed by atoms with Gasteiger partial charge in [-0.3, -0.25) is 4.90 Å².